The van der Waals surface area contributed by atoms with Crippen molar-refractivity contribution in [1.29, 1.82) is 0 Å². The third-order valence-corrected chi connectivity index (χ3v) is 5.65. The number of nitrogens with zero attached hydrogens (tertiary/aromatic N) is 3. The van der Waals surface area contributed by atoms with E-state index in [-0.39, 0.29) is 17.9 Å². The first kappa shape index (κ1) is 16.6. The Kier molecular flexibility index (Phi) is 4.52. The summed E-state index contributed by atoms with van der Waals surface area (Å²) in [5.41, 5.74) is 3.31. The molecule has 0 aliphatic carbocycles. The van der Waals surface area contributed by atoms with Gasteiger partial charge in [-0.3, -0.25) is 9.69 Å². The van der Waals surface area contributed by atoms with Crippen molar-refractivity contribution in [3.05, 3.63) is 52.0 Å². The maximum Gasteiger partial charge on any atom is 0.227 e. The van der Waals surface area contributed by atoms with Gasteiger partial charge in [0.15, 0.2) is 0 Å². The third kappa shape index (κ3) is 3.57. The molecule has 0 saturated carbocycles. The molecule has 1 aromatic heterocycles. The van der Waals surface area contributed by atoms with Crippen LogP contribution in [0.3, 0.4) is 0 Å². The van der Waals surface area contributed by atoms with Gasteiger partial charge >= 0.3 is 0 Å². The third-order valence-electron chi connectivity index (χ3n) is 5.01. The molecular weight excluding hydrogens is 344 g/mol. The van der Waals surface area contributed by atoms with Gasteiger partial charge in [0.05, 0.1) is 23.7 Å². The number of hydrogen-bond donors (Lipinski definition) is 0. The molecule has 3 saturated heterocycles. The summed E-state index contributed by atoms with van der Waals surface area (Å²) in [4.78, 5) is 21.2. The van der Waals surface area contributed by atoms with Gasteiger partial charge in [-0.05, 0) is 30.5 Å². The largest absolute Gasteiger partial charge is 0.332 e. The molecule has 3 aliphatic rings. The molecule has 0 spiro atoms. The first-order chi connectivity index (χ1) is 12.1. The number of carbonyl (C=O) groups excluding carboxylic acids is 1. The van der Waals surface area contributed by atoms with Gasteiger partial charge in [0.1, 0.15) is 11.6 Å². The number of benzene rings is 1. The average molecular weight is 363 g/mol. The lowest BCUT2D eigenvalue weighted by atomic mass is 9.94. The number of thiazole rings is 1. The minimum absolute atomic E-state index is 0.0456. The zero-order valence-corrected chi connectivity index (χ0v) is 14.5. The van der Waals surface area contributed by atoms with Gasteiger partial charge in [-0.1, -0.05) is 0 Å². The lowest BCUT2D eigenvalue weighted by molar-refractivity contribution is -0.140. The zero-order chi connectivity index (χ0) is 17.4. The molecule has 2 atom stereocenters. The molecule has 1 aromatic carbocycles. The van der Waals surface area contributed by atoms with Crippen LogP contribution in [-0.4, -0.2) is 39.8 Å². The molecule has 2 aromatic rings. The van der Waals surface area contributed by atoms with Crippen LogP contribution in [0.15, 0.2) is 29.1 Å². The van der Waals surface area contributed by atoms with Crippen LogP contribution in [0.4, 0.5) is 8.78 Å². The van der Waals surface area contributed by atoms with Crippen molar-refractivity contribution in [2.75, 3.05) is 13.1 Å². The second-order valence-corrected chi connectivity index (χ2v) is 7.56. The van der Waals surface area contributed by atoms with E-state index in [1.165, 1.54) is 23.5 Å². The Morgan fingerprint density at radius 3 is 2.64 bits per heavy atom. The SMILES string of the molecule is O=C1[C@H]2CC[C@H](CN(Cc3cc(F)cc(F)c3)C2)N1Cc1cscn1. The predicted molar refractivity (Wildman–Crippen MR) is 90.8 cm³/mol. The maximum atomic E-state index is 13.4. The van der Waals surface area contributed by atoms with Gasteiger partial charge < -0.3 is 4.90 Å². The Bertz CT molecular complexity index is 747. The number of carbonyl (C=O) groups is 1. The molecule has 0 unspecified atom stereocenters. The fourth-order valence-electron chi connectivity index (χ4n) is 3.92. The van der Waals surface area contributed by atoms with Crippen molar-refractivity contribution in [2.45, 2.75) is 32.0 Å². The first-order valence-corrected chi connectivity index (χ1v) is 9.37. The quantitative estimate of drug-likeness (QED) is 0.838. The summed E-state index contributed by atoms with van der Waals surface area (Å²) in [7, 11) is 0. The molecule has 4 heterocycles. The van der Waals surface area contributed by atoms with Crippen LogP contribution in [0.25, 0.3) is 0 Å². The van der Waals surface area contributed by atoms with Crippen LogP contribution >= 0.6 is 11.3 Å². The molecule has 3 aliphatic heterocycles. The average Bonchev–Trinajstić information content (AvgIpc) is 2.93. The molecule has 3 fully saturated rings. The van der Waals surface area contributed by atoms with E-state index in [0.29, 0.717) is 25.2 Å². The fraction of sp³-hybridized carbons (Fsp3) is 0.444. The molecule has 7 heteroatoms. The number of rotatable bonds is 4. The number of fused-ring (bicyclic) bond motifs is 4. The van der Waals surface area contributed by atoms with Gasteiger partial charge in [-0.2, -0.15) is 0 Å². The highest BCUT2D eigenvalue weighted by atomic mass is 32.1. The Hall–Kier alpha value is -1.86. The van der Waals surface area contributed by atoms with Crippen LogP contribution in [-0.2, 0) is 17.9 Å². The number of aromatic nitrogens is 1. The Morgan fingerprint density at radius 2 is 1.92 bits per heavy atom. The van der Waals surface area contributed by atoms with Crippen LogP contribution in [0.1, 0.15) is 24.1 Å². The summed E-state index contributed by atoms with van der Waals surface area (Å²) in [5, 5.41) is 1.97. The van der Waals surface area contributed by atoms with Gasteiger partial charge in [-0.15, -0.1) is 11.3 Å². The summed E-state index contributed by atoms with van der Waals surface area (Å²) in [6.07, 6.45) is 1.85. The summed E-state index contributed by atoms with van der Waals surface area (Å²) in [6, 6.07) is 3.75. The van der Waals surface area contributed by atoms with Crippen LogP contribution < -0.4 is 0 Å². The highest BCUT2D eigenvalue weighted by Crippen LogP contribution is 2.31. The standard InChI is InChI=1S/C18H19F2N3OS/c19-14-3-12(4-15(20)5-14)6-22-7-13-1-2-17(9-22)23(18(13)24)8-16-10-25-11-21-16/h3-5,10-11,13,17H,1-2,6-9H2/t13-,17+/m0/s1. The van der Waals surface area contributed by atoms with Gasteiger partial charge in [0, 0.05) is 37.1 Å². The van der Waals surface area contributed by atoms with Crippen molar-refractivity contribution in [1.82, 2.24) is 14.8 Å². The van der Waals surface area contributed by atoms with E-state index in [4.69, 9.17) is 0 Å². The minimum atomic E-state index is -0.561. The topological polar surface area (TPSA) is 36.4 Å². The lowest BCUT2D eigenvalue weighted by Crippen LogP contribution is -2.47. The summed E-state index contributed by atoms with van der Waals surface area (Å²) < 4.78 is 26.9. The molecule has 0 radical (unpaired) electrons. The van der Waals surface area contributed by atoms with E-state index < -0.39 is 11.6 Å². The number of halogens is 2. The Balaban J connectivity index is 1.51. The second-order valence-electron chi connectivity index (χ2n) is 6.85. The number of hydrogen-bond acceptors (Lipinski definition) is 4. The summed E-state index contributed by atoms with van der Waals surface area (Å²) in [6.45, 7) is 2.37. The van der Waals surface area contributed by atoms with Gasteiger partial charge in [0.2, 0.25) is 5.91 Å². The highest BCUT2D eigenvalue weighted by Gasteiger charge is 2.40. The first-order valence-electron chi connectivity index (χ1n) is 8.43. The number of amides is 1. The van der Waals surface area contributed by atoms with Gasteiger partial charge in [0.25, 0.3) is 0 Å². The highest BCUT2D eigenvalue weighted by molar-refractivity contribution is 7.07. The lowest BCUT2D eigenvalue weighted by Gasteiger charge is -2.35. The monoisotopic (exact) mass is 363 g/mol. The van der Waals surface area contributed by atoms with Crippen molar-refractivity contribution in [3.63, 3.8) is 0 Å². The van der Waals surface area contributed by atoms with Crippen molar-refractivity contribution >= 4 is 17.2 Å². The second kappa shape index (κ2) is 6.80. The van der Waals surface area contributed by atoms with Crippen molar-refractivity contribution < 1.29 is 13.6 Å². The van der Waals surface area contributed by atoms with Crippen molar-refractivity contribution in [2.24, 2.45) is 5.92 Å². The summed E-state index contributed by atoms with van der Waals surface area (Å²) >= 11 is 1.53. The van der Waals surface area contributed by atoms with Crippen molar-refractivity contribution in [3.8, 4) is 0 Å². The normalized spacial score (nSPS) is 23.9. The molecule has 5 rings (SSSR count). The zero-order valence-electron chi connectivity index (χ0n) is 13.7. The van der Waals surface area contributed by atoms with Crippen LogP contribution in [0.2, 0.25) is 0 Å². The van der Waals surface area contributed by atoms with E-state index in [1.807, 2.05) is 10.3 Å². The Morgan fingerprint density at radius 1 is 1.12 bits per heavy atom. The Labute approximate surface area is 149 Å². The van der Waals surface area contributed by atoms with Crippen LogP contribution in [0.5, 0.6) is 0 Å². The van der Waals surface area contributed by atoms with E-state index in [2.05, 4.69) is 9.88 Å². The molecule has 0 N–H and O–H groups in total. The molecular formula is C18H19F2N3OS. The smallest absolute Gasteiger partial charge is 0.227 e. The predicted octanol–water partition coefficient (Wildman–Crippen LogP) is 3.04. The minimum Gasteiger partial charge on any atom is -0.332 e. The summed E-state index contributed by atoms with van der Waals surface area (Å²) in [5.74, 6) is -0.990. The van der Waals surface area contributed by atoms with E-state index in [9.17, 15) is 13.6 Å². The van der Waals surface area contributed by atoms with Crippen LogP contribution in [0, 0.1) is 17.6 Å². The molecule has 25 heavy (non-hydrogen) atoms. The fourth-order valence-corrected chi connectivity index (χ4v) is 4.47. The molecule has 4 nitrogen and oxygen atoms in total. The van der Waals surface area contributed by atoms with E-state index >= 15 is 0 Å². The number of piperidine rings is 1. The van der Waals surface area contributed by atoms with E-state index in [0.717, 1.165) is 31.1 Å². The van der Waals surface area contributed by atoms with E-state index in [1.54, 1.807) is 5.51 Å². The van der Waals surface area contributed by atoms with Gasteiger partial charge in [-0.25, -0.2) is 13.8 Å². The maximum absolute atomic E-state index is 13.4. The molecule has 2 bridgehead atoms. The molecule has 1 amide bonds. The molecule has 132 valence electrons.